The second-order valence-corrected chi connectivity index (χ2v) is 10.8. The zero-order valence-electron chi connectivity index (χ0n) is 26.0. The molecule has 2 saturated carbocycles. The van der Waals surface area contributed by atoms with Gasteiger partial charge in [0.05, 0.1) is 24.0 Å². The van der Waals surface area contributed by atoms with Gasteiger partial charge in [0.15, 0.2) is 17.3 Å². The molecular weight excluding hydrogens is 526 g/mol. The van der Waals surface area contributed by atoms with Crippen LogP contribution in [0.5, 0.6) is 5.75 Å². The first-order valence-corrected chi connectivity index (χ1v) is 14.1. The van der Waals surface area contributed by atoms with E-state index in [4.69, 9.17) is 8.85 Å². The molecule has 2 aliphatic carbocycles. The number of carbonyl (C=O) groups is 4. The number of hydrogen-bond donors (Lipinski definition) is 4. The van der Waals surface area contributed by atoms with E-state index in [1.165, 1.54) is 13.2 Å². The van der Waals surface area contributed by atoms with E-state index in [2.05, 4.69) is 26.1 Å². The van der Waals surface area contributed by atoms with E-state index in [9.17, 15) is 19.2 Å². The summed E-state index contributed by atoms with van der Waals surface area (Å²) in [5.74, 6) is -1.23. The maximum absolute atomic E-state index is 13.4. The largest absolute Gasteiger partial charge is 0.494 e. The molecule has 218 valence electrons. The van der Waals surface area contributed by atoms with E-state index in [0.29, 0.717) is 18.5 Å². The van der Waals surface area contributed by atoms with Gasteiger partial charge in [0.2, 0.25) is 11.8 Å². The van der Waals surface area contributed by atoms with Gasteiger partial charge in [0, 0.05) is 48.1 Å². The van der Waals surface area contributed by atoms with Crippen LogP contribution in [-0.4, -0.2) is 71.9 Å². The van der Waals surface area contributed by atoms with Gasteiger partial charge in [0.1, 0.15) is 0 Å². The minimum absolute atomic E-state index is 0.00653. The summed E-state index contributed by atoms with van der Waals surface area (Å²) in [5.41, 5.74) is 0.258. The van der Waals surface area contributed by atoms with E-state index in [1.807, 2.05) is 10.2 Å². The van der Waals surface area contributed by atoms with Crippen LogP contribution in [0, 0.1) is 11.8 Å². The third-order valence-electron chi connectivity index (χ3n) is 7.88. The molecular formula is C29H37N7O5. The predicted molar refractivity (Wildman–Crippen MR) is 152 cm³/mol. The molecule has 0 bridgehead atoms. The topological polar surface area (TPSA) is 155 Å². The standard InChI is InChI=1S/C29H37N7O5/c1-30-28(39)24-22(16-23(34-35-24)33-26(37)17-8-9-17)32-21-7-5-6-20(25(21)41-2)27(38)31-19-12-10-18(11-13-19)29(40)36-14-3-4-15-36/h5-7,16-19H,3-4,8-15H2,1-2H3,(H,30,39)(H,31,38)(H2,32,33,34,37)/i1D3. The summed E-state index contributed by atoms with van der Waals surface area (Å²) in [7, 11) is 1.40. The highest BCUT2D eigenvalue weighted by Crippen LogP contribution is 2.34. The molecule has 0 atom stereocenters. The average molecular weight is 567 g/mol. The molecule has 3 aliphatic rings. The van der Waals surface area contributed by atoms with E-state index in [1.54, 1.807) is 18.2 Å². The highest BCUT2D eigenvalue weighted by Gasteiger charge is 2.32. The zero-order valence-corrected chi connectivity index (χ0v) is 23.0. The third-order valence-corrected chi connectivity index (χ3v) is 7.88. The van der Waals surface area contributed by atoms with Crippen LogP contribution in [0.2, 0.25) is 0 Å². The SMILES string of the molecule is [2H]C([2H])([2H])NC(=O)c1nnc(NC(=O)C2CC2)cc1Nc1cccc(C(=O)NC2CCC(C(=O)N3CCCC3)CC2)c1OC. The Morgan fingerprint density at radius 1 is 0.951 bits per heavy atom. The number of benzene rings is 1. The molecule has 2 aromatic rings. The molecule has 1 saturated heterocycles. The third kappa shape index (κ3) is 6.58. The molecule has 0 unspecified atom stereocenters. The summed E-state index contributed by atoms with van der Waals surface area (Å²) >= 11 is 0. The van der Waals surface area contributed by atoms with Crippen molar-refractivity contribution in [3.05, 3.63) is 35.5 Å². The summed E-state index contributed by atoms with van der Waals surface area (Å²) in [6.07, 6.45) is 6.47. The summed E-state index contributed by atoms with van der Waals surface area (Å²) in [6, 6.07) is 6.15. The number of nitrogens with zero attached hydrogens (tertiary/aromatic N) is 3. The molecule has 1 aromatic carbocycles. The van der Waals surface area contributed by atoms with Gasteiger partial charge in [-0.15, -0.1) is 10.2 Å². The predicted octanol–water partition coefficient (Wildman–Crippen LogP) is 2.85. The van der Waals surface area contributed by atoms with Crippen LogP contribution in [0.1, 0.15) is 76.3 Å². The number of carbonyl (C=O) groups excluding carboxylic acids is 4. The molecule has 2 heterocycles. The highest BCUT2D eigenvalue weighted by molar-refractivity contribution is 6.02. The number of hydrogen-bond acceptors (Lipinski definition) is 8. The fourth-order valence-electron chi connectivity index (χ4n) is 5.47. The maximum atomic E-state index is 13.4. The molecule has 4 amide bonds. The fraction of sp³-hybridized carbons (Fsp3) is 0.517. The lowest BCUT2D eigenvalue weighted by Gasteiger charge is -2.31. The van der Waals surface area contributed by atoms with Crippen molar-refractivity contribution in [2.75, 3.05) is 37.8 Å². The van der Waals surface area contributed by atoms with E-state index < -0.39 is 12.9 Å². The minimum Gasteiger partial charge on any atom is -0.494 e. The van der Waals surface area contributed by atoms with Gasteiger partial charge in [-0.3, -0.25) is 19.2 Å². The van der Waals surface area contributed by atoms with E-state index >= 15 is 0 Å². The first-order valence-electron chi connectivity index (χ1n) is 15.6. The van der Waals surface area contributed by atoms with Crippen LogP contribution in [0.15, 0.2) is 24.3 Å². The van der Waals surface area contributed by atoms with Crippen LogP contribution in [0.25, 0.3) is 0 Å². The van der Waals surface area contributed by atoms with Gasteiger partial charge in [-0.05, 0) is 63.5 Å². The molecule has 5 rings (SSSR count). The fourth-order valence-corrected chi connectivity index (χ4v) is 5.47. The smallest absolute Gasteiger partial charge is 0.273 e. The van der Waals surface area contributed by atoms with Gasteiger partial charge in [-0.25, -0.2) is 0 Å². The normalized spacial score (nSPS) is 21.6. The van der Waals surface area contributed by atoms with Crippen LogP contribution in [-0.2, 0) is 9.59 Å². The van der Waals surface area contributed by atoms with Gasteiger partial charge >= 0.3 is 0 Å². The number of amides is 4. The van der Waals surface area contributed by atoms with Crippen LogP contribution in [0.4, 0.5) is 17.2 Å². The Balaban J connectivity index is 1.31. The number of likely N-dealkylation sites (tertiary alicyclic amines) is 1. The minimum atomic E-state index is -2.77. The van der Waals surface area contributed by atoms with Crippen molar-refractivity contribution in [1.29, 1.82) is 0 Å². The molecule has 0 radical (unpaired) electrons. The summed E-state index contributed by atoms with van der Waals surface area (Å²) in [6.45, 7) is -1.11. The molecule has 1 aliphatic heterocycles. The Bertz CT molecular complexity index is 1420. The first kappa shape index (κ1) is 24.6. The van der Waals surface area contributed by atoms with Gasteiger partial charge < -0.3 is 30.9 Å². The quantitative estimate of drug-likeness (QED) is 0.361. The second-order valence-electron chi connectivity index (χ2n) is 10.8. The van der Waals surface area contributed by atoms with Gasteiger partial charge in [-0.1, -0.05) is 6.07 Å². The molecule has 12 heteroatoms. The maximum Gasteiger partial charge on any atom is 0.273 e. The molecule has 41 heavy (non-hydrogen) atoms. The van der Waals surface area contributed by atoms with Crippen molar-refractivity contribution in [1.82, 2.24) is 25.7 Å². The summed E-state index contributed by atoms with van der Waals surface area (Å²) < 4.78 is 27.8. The number of methoxy groups -OCH3 is 1. The number of para-hydroxylation sites is 1. The monoisotopic (exact) mass is 566 g/mol. The Morgan fingerprint density at radius 3 is 2.37 bits per heavy atom. The van der Waals surface area contributed by atoms with Crippen molar-refractivity contribution < 1.29 is 28.0 Å². The second kappa shape index (κ2) is 12.5. The Kier molecular flexibility index (Phi) is 7.51. The van der Waals surface area contributed by atoms with Gasteiger partial charge in [0.25, 0.3) is 11.8 Å². The summed E-state index contributed by atoms with van der Waals surface area (Å²) in [4.78, 5) is 53.3. The molecule has 1 aromatic heterocycles. The van der Waals surface area contributed by atoms with Crippen molar-refractivity contribution in [2.45, 2.75) is 57.4 Å². The number of aromatic nitrogens is 2. The Labute approximate surface area is 243 Å². The van der Waals surface area contributed by atoms with Crippen LogP contribution < -0.4 is 26.0 Å². The van der Waals surface area contributed by atoms with E-state index in [0.717, 1.165) is 51.6 Å². The Morgan fingerprint density at radius 2 is 1.68 bits per heavy atom. The lowest BCUT2D eigenvalue weighted by molar-refractivity contribution is -0.135. The van der Waals surface area contributed by atoms with Crippen molar-refractivity contribution in [2.24, 2.45) is 11.8 Å². The summed E-state index contributed by atoms with van der Waals surface area (Å²) in [5, 5.41) is 18.4. The van der Waals surface area contributed by atoms with Crippen molar-refractivity contribution >= 4 is 40.8 Å². The van der Waals surface area contributed by atoms with Crippen LogP contribution in [0.3, 0.4) is 0 Å². The average Bonchev–Trinajstić information content (AvgIpc) is 3.70. The van der Waals surface area contributed by atoms with E-state index in [-0.39, 0.29) is 64.1 Å². The molecule has 3 fully saturated rings. The first-order chi connectivity index (χ1) is 21.0. The lowest BCUT2D eigenvalue weighted by atomic mass is 9.85. The highest BCUT2D eigenvalue weighted by atomic mass is 16.5. The number of anilines is 3. The van der Waals surface area contributed by atoms with Gasteiger partial charge in [-0.2, -0.15) is 0 Å². The lowest BCUT2D eigenvalue weighted by Crippen LogP contribution is -2.41. The van der Waals surface area contributed by atoms with Crippen molar-refractivity contribution in [3.63, 3.8) is 0 Å². The Hall–Kier alpha value is -4.22. The zero-order chi connectivity index (χ0) is 31.4. The van der Waals surface area contributed by atoms with Crippen molar-refractivity contribution in [3.8, 4) is 5.75 Å². The van der Waals surface area contributed by atoms with Crippen LogP contribution >= 0.6 is 0 Å². The number of nitrogens with one attached hydrogen (secondary N) is 4. The number of rotatable bonds is 9. The molecule has 0 spiro atoms. The molecule has 4 N–H and O–H groups in total. The molecule has 12 nitrogen and oxygen atoms in total. The number of ether oxygens (including phenoxy) is 1.